The third-order valence-corrected chi connectivity index (χ3v) is 2.91. The van der Waals surface area contributed by atoms with Crippen LogP contribution in [0, 0.1) is 5.82 Å². The second-order valence-corrected chi connectivity index (χ2v) is 5.76. The molecular weight excluding hydrogens is 265 g/mol. The normalized spacial score (nSPS) is 11.4. The van der Waals surface area contributed by atoms with Crippen LogP contribution in [0.1, 0.15) is 31.1 Å². The van der Waals surface area contributed by atoms with E-state index in [-0.39, 0.29) is 5.56 Å². The zero-order chi connectivity index (χ0) is 14.0. The number of halogens is 1. The molecule has 1 heterocycles. The fourth-order valence-corrected chi connectivity index (χ4v) is 2.17. The summed E-state index contributed by atoms with van der Waals surface area (Å²) in [6.45, 7) is 5.23. The Bertz CT molecular complexity index is 588. The first-order valence-electron chi connectivity index (χ1n) is 5.79. The molecule has 19 heavy (non-hydrogen) atoms. The Morgan fingerprint density at radius 1 is 1.37 bits per heavy atom. The predicted molar refractivity (Wildman–Crippen MR) is 72.7 cm³/mol. The van der Waals surface area contributed by atoms with Crippen molar-refractivity contribution >= 4 is 17.3 Å². The quantitative estimate of drug-likeness (QED) is 0.782. The van der Waals surface area contributed by atoms with Crippen LogP contribution in [0.15, 0.2) is 29.1 Å². The highest BCUT2D eigenvalue weighted by atomic mass is 32.1. The zero-order valence-corrected chi connectivity index (χ0v) is 11.8. The van der Waals surface area contributed by atoms with Crippen molar-refractivity contribution in [3.8, 4) is 11.3 Å². The molecule has 0 unspecified atom stereocenters. The molecule has 2 aromatic rings. The Morgan fingerprint density at radius 3 is 2.68 bits per heavy atom. The molecule has 3 nitrogen and oxygen atoms in total. The lowest BCUT2D eigenvalue weighted by atomic mass is 10.0. The Balaban J connectivity index is 2.47. The Hall–Kier alpha value is -1.75. The molecule has 0 radical (unpaired) electrons. The van der Waals surface area contributed by atoms with Crippen molar-refractivity contribution in [3.05, 3.63) is 40.5 Å². The minimum Gasteiger partial charge on any atom is -0.456 e. The average molecular weight is 279 g/mol. The molecule has 0 atom stereocenters. The number of hydrogen-bond donors (Lipinski definition) is 0. The highest BCUT2D eigenvalue weighted by Crippen LogP contribution is 2.27. The molecule has 0 fully saturated rings. The molecule has 0 saturated carbocycles. The van der Waals surface area contributed by atoms with Gasteiger partial charge in [-0.2, -0.15) is 0 Å². The van der Waals surface area contributed by atoms with E-state index in [0.29, 0.717) is 11.3 Å². The highest BCUT2D eigenvalue weighted by molar-refractivity contribution is 7.07. The molecule has 1 aromatic carbocycles. The van der Waals surface area contributed by atoms with Gasteiger partial charge >= 0.3 is 5.97 Å². The average Bonchev–Trinajstić information content (AvgIpc) is 2.79. The van der Waals surface area contributed by atoms with Crippen molar-refractivity contribution in [2.75, 3.05) is 0 Å². The van der Waals surface area contributed by atoms with Gasteiger partial charge in [-0.05, 0) is 26.8 Å². The Morgan fingerprint density at radius 2 is 2.11 bits per heavy atom. The summed E-state index contributed by atoms with van der Waals surface area (Å²) in [5.41, 5.74) is 1.93. The number of aromatic nitrogens is 1. The van der Waals surface area contributed by atoms with Gasteiger partial charge in [-0.15, -0.1) is 11.3 Å². The number of carbonyl (C=O) groups excluding carboxylic acids is 1. The molecule has 5 heteroatoms. The van der Waals surface area contributed by atoms with Gasteiger partial charge in [-0.1, -0.05) is 12.1 Å². The summed E-state index contributed by atoms with van der Waals surface area (Å²) >= 11 is 1.39. The lowest BCUT2D eigenvalue weighted by molar-refractivity contribution is 0.00657. The van der Waals surface area contributed by atoms with Gasteiger partial charge in [0.25, 0.3) is 0 Å². The third kappa shape index (κ3) is 3.17. The number of ether oxygens (including phenoxy) is 1. The molecule has 0 amide bonds. The van der Waals surface area contributed by atoms with E-state index < -0.39 is 17.4 Å². The summed E-state index contributed by atoms with van der Waals surface area (Å²) in [6, 6.07) is 4.46. The van der Waals surface area contributed by atoms with Crippen molar-refractivity contribution < 1.29 is 13.9 Å². The predicted octanol–water partition coefficient (Wildman–Crippen LogP) is 3.90. The third-order valence-electron chi connectivity index (χ3n) is 2.32. The smallest absolute Gasteiger partial charge is 0.342 e. The van der Waals surface area contributed by atoms with Crippen molar-refractivity contribution in [1.29, 1.82) is 0 Å². The largest absolute Gasteiger partial charge is 0.456 e. The van der Waals surface area contributed by atoms with Crippen LogP contribution in [0.5, 0.6) is 0 Å². The molecule has 1 aromatic heterocycles. The van der Waals surface area contributed by atoms with Gasteiger partial charge < -0.3 is 4.74 Å². The van der Waals surface area contributed by atoms with Crippen molar-refractivity contribution in [3.63, 3.8) is 0 Å². The van der Waals surface area contributed by atoms with Crippen LogP contribution >= 0.6 is 11.3 Å². The zero-order valence-electron chi connectivity index (χ0n) is 10.9. The fraction of sp³-hybridized carbons (Fsp3) is 0.286. The van der Waals surface area contributed by atoms with E-state index in [4.69, 9.17) is 4.74 Å². The number of benzene rings is 1. The molecule has 100 valence electrons. The number of thiazole rings is 1. The number of rotatable bonds is 2. The van der Waals surface area contributed by atoms with Crippen molar-refractivity contribution in [1.82, 2.24) is 4.98 Å². The molecule has 0 spiro atoms. The van der Waals surface area contributed by atoms with E-state index >= 15 is 0 Å². The van der Waals surface area contributed by atoms with Crippen LogP contribution in [0.3, 0.4) is 0 Å². The van der Waals surface area contributed by atoms with Crippen molar-refractivity contribution in [2.45, 2.75) is 26.4 Å². The molecule has 2 rings (SSSR count). The van der Waals surface area contributed by atoms with E-state index in [1.54, 1.807) is 43.8 Å². The SMILES string of the molecule is CC(C)(C)OC(=O)c1c(F)cccc1-c1cscn1. The van der Waals surface area contributed by atoms with E-state index in [1.807, 2.05) is 0 Å². The van der Waals surface area contributed by atoms with E-state index in [0.717, 1.165) is 0 Å². The van der Waals surface area contributed by atoms with Crippen LogP contribution < -0.4 is 0 Å². The summed E-state index contributed by atoms with van der Waals surface area (Å²) in [5, 5.41) is 1.77. The first-order chi connectivity index (χ1) is 8.88. The molecular formula is C14H14FNO2S. The lowest BCUT2D eigenvalue weighted by Crippen LogP contribution is -2.25. The molecule has 0 bridgehead atoms. The summed E-state index contributed by atoms with van der Waals surface area (Å²) in [5.74, 6) is -1.27. The first-order valence-corrected chi connectivity index (χ1v) is 6.73. The van der Waals surface area contributed by atoms with Gasteiger partial charge in [0.15, 0.2) is 0 Å². The van der Waals surface area contributed by atoms with Gasteiger partial charge in [0, 0.05) is 10.9 Å². The second kappa shape index (κ2) is 5.09. The summed E-state index contributed by atoms with van der Waals surface area (Å²) < 4.78 is 19.2. The summed E-state index contributed by atoms with van der Waals surface area (Å²) in [4.78, 5) is 16.2. The van der Waals surface area contributed by atoms with Crippen LogP contribution in [-0.2, 0) is 4.74 Å². The Kier molecular flexibility index (Phi) is 3.66. The first kappa shape index (κ1) is 13.7. The maximum atomic E-state index is 13.9. The van der Waals surface area contributed by atoms with Gasteiger partial charge in [0.2, 0.25) is 0 Å². The number of hydrogen-bond acceptors (Lipinski definition) is 4. The van der Waals surface area contributed by atoms with Crippen molar-refractivity contribution in [2.24, 2.45) is 0 Å². The van der Waals surface area contributed by atoms with Crippen LogP contribution in [0.4, 0.5) is 4.39 Å². The monoisotopic (exact) mass is 279 g/mol. The maximum Gasteiger partial charge on any atom is 0.342 e. The maximum absolute atomic E-state index is 13.9. The minimum absolute atomic E-state index is 0.0664. The topological polar surface area (TPSA) is 39.2 Å². The number of nitrogens with zero attached hydrogens (tertiary/aromatic N) is 1. The second-order valence-electron chi connectivity index (χ2n) is 5.04. The standard InChI is InChI=1S/C14H14FNO2S/c1-14(2,3)18-13(17)12-9(5-4-6-10(12)15)11-7-19-8-16-11/h4-8H,1-3H3. The van der Waals surface area contributed by atoms with Crippen LogP contribution in [0.2, 0.25) is 0 Å². The van der Waals surface area contributed by atoms with Gasteiger partial charge in [-0.3, -0.25) is 0 Å². The molecule has 0 aliphatic rings. The van der Waals surface area contributed by atoms with Gasteiger partial charge in [-0.25, -0.2) is 14.2 Å². The van der Waals surface area contributed by atoms with Gasteiger partial charge in [0.1, 0.15) is 17.0 Å². The molecule has 0 aliphatic heterocycles. The van der Waals surface area contributed by atoms with Crippen LogP contribution in [0.25, 0.3) is 11.3 Å². The Labute approximate surface area is 115 Å². The van der Waals surface area contributed by atoms with E-state index in [1.165, 1.54) is 17.4 Å². The minimum atomic E-state index is -0.673. The number of carbonyl (C=O) groups is 1. The highest BCUT2D eigenvalue weighted by Gasteiger charge is 2.24. The van der Waals surface area contributed by atoms with E-state index in [9.17, 15) is 9.18 Å². The lowest BCUT2D eigenvalue weighted by Gasteiger charge is -2.20. The summed E-state index contributed by atoms with van der Waals surface area (Å²) in [7, 11) is 0. The van der Waals surface area contributed by atoms with Gasteiger partial charge in [0.05, 0.1) is 11.2 Å². The molecule has 0 saturated heterocycles. The molecule has 0 N–H and O–H groups in total. The fourth-order valence-electron chi connectivity index (χ4n) is 1.62. The summed E-state index contributed by atoms with van der Waals surface area (Å²) in [6.07, 6.45) is 0. The number of esters is 1. The van der Waals surface area contributed by atoms with E-state index in [2.05, 4.69) is 4.98 Å². The molecule has 0 aliphatic carbocycles. The van der Waals surface area contributed by atoms with Crippen LogP contribution in [-0.4, -0.2) is 16.6 Å².